The highest BCUT2D eigenvalue weighted by atomic mass is 79.9. The molecule has 0 fully saturated rings. The second-order valence-corrected chi connectivity index (χ2v) is 8.46. The number of anilines is 1. The molecule has 0 amide bonds. The van der Waals surface area contributed by atoms with Crippen molar-refractivity contribution in [2.75, 3.05) is 33.2 Å². The molecule has 0 radical (unpaired) electrons. The maximum absolute atomic E-state index is 10.4. The number of methoxy groups -OCH3 is 2. The summed E-state index contributed by atoms with van der Waals surface area (Å²) >= 11 is 3.53. The Morgan fingerprint density at radius 3 is 2.33 bits per heavy atom. The number of fused-ring (bicyclic) bond motifs is 1. The Morgan fingerprint density at radius 1 is 1.06 bits per heavy atom. The lowest BCUT2D eigenvalue weighted by molar-refractivity contribution is 0.352. The molecule has 8 nitrogen and oxygen atoms in total. The Balaban J connectivity index is 2.03. The van der Waals surface area contributed by atoms with Crippen molar-refractivity contribution >= 4 is 27.5 Å². The number of hydrogen-bond acceptors (Lipinski definition) is 7. The molecule has 4 rings (SSSR count). The van der Waals surface area contributed by atoms with Gasteiger partial charge < -0.3 is 29.3 Å². The number of rotatable bonds is 5. The smallest absolute Gasteiger partial charge is 0.224 e. The Labute approximate surface area is 199 Å². The van der Waals surface area contributed by atoms with Gasteiger partial charge in [-0.3, -0.25) is 0 Å². The molecule has 0 saturated carbocycles. The van der Waals surface area contributed by atoms with E-state index in [1.165, 1.54) is 19.2 Å². The molecule has 170 valence electrons. The lowest BCUT2D eigenvalue weighted by atomic mass is 9.83. The molecule has 1 aromatic heterocycles. The molecule has 0 aliphatic carbocycles. The SMILES string of the molecule is COc1cc(C2C(C#N)=C(n3c(O)ccc3O)Oc3cc(N(C)C)ccc32)cc(Br)c1OC. The van der Waals surface area contributed by atoms with Gasteiger partial charge in [-0.25, -0.2) is 4.57 Å². The van der Waals surface area contributed by atoms with Gasteiger partial charge in [-0.2, -0.15) is 5.26 Å². The van der Waals surface area contributed by atoms with E-state index in [2.05, 4.69) is 22.0 Å². The first-order chi connectivity index (χ1) is 15.8. The van der Waals surface area contributed by atoms with E-state index in [0.29, 0.717) is 21.7 Å². The standard InChI is InChI=1S/C24H22BrN3O5/c1-27(2)14-5-6-15-18(11-14)33-24(28-20(29)7-8-21(28)30)16(12-26)22(15)13-9-17(25)23(32-4)19(10-13)31-3/h5-11,22,29-30H,1-4H3. The normalized spacial score (nSPS) is 14.8. The number of benzene rings is 2. The molecule has 2 N–H and O–H groups in total. The van der Waals surface area contributed by atoms with Crippen molar-refractivity contribution in [1.29, 1.82) is 5.26 Å². The summed E-state index contributed by atoms with van der Waals surface area (Å²) in [5, 5.41) is 30.9. The molecule has 33 heavy (non-hydrogen) atoms. The van der Waals surface area contributed by atoms with Crippen LogP contribution in [0.15, 0.2) is 52.5 Å². The number of allylic oxidation sites excluding steroid dienone is 1. The fourth-order valence-electron chi connectivity index (χ4n) is 3.92. The molecule has 1 aliphatic rings. The van der Waals surface area contributed by atoms with Gasteiger partial charge in [0.25, 0.3) is 0 Å². The zero-order valence-electron chi connectivity index (χ0n) is 18.5. The summed E-state index contributed by atoms with van der Waals surface area (Å²) in [4.78, 5) is 1.93. The minimum Gasteiger partial charge on any atom is -0.494 e. The number of halogens is 1. The van der Waals surface area contributed by atoms with Gasteiger partial charge in [-0.1, -0.05) is 6.07 Å². The van der Waals surface area contributed by atoms with Crippen LogP contribution < -0.4 is 19.1 Å². The van der Waals surface area contributed by atoms with Crippen molar-refractivity contribution in [2.24, 2.45) is 0 Å². The van der Waals surface area contributed by atoms with Gasteiger partial charge in [-0.05, 0) is 39.7 Å². The molecular weight excluding hydrogens is 490 g/mol. The molecule has 3 aromatic rings. The van der Waals surface area contributed by atoms with Gasteiger partial charge >= 0.3 is 0 Å². The maximum Gasteiger partial charge on any atom is 0.224 e. The lowest BCUT2D eigenvalue weighted by Gasteiger charge is -2.30. The molecule has 2 aromatic carbocycles. The first kappa shape index (κ1) is 22.4. The van der Waals surface area contributed by atoms with Crippen molar-refractivity contribution < 1.29 is 24.4 Å². The van der Waals surface area contributed by atoms with Crippen LogP contribution in [-0.4, -0.2) is 43.1 Å². The van der Waals surface area contributed by atoms with Gasteiger partial charge in [-0.15, -0.1) is 0 Å². The molecule has 2 heterocycles. The number of aromatic hydroxyl groups is 2. The first-order valence-electron chi connectivity index (χ1n) is 9.95. The van der Waals surface area contributed by atoms with Crippen molar-refractivity contribution in [3.05, 3.63) is 63.6 Å². The third kappa shape index (κ3) is 3.72. The third-order valence-electron chi connectivity index (χ3n) is 5.50. The van der Waals surface area contributed by atoms with Crippen molar-refractivity contribution in [2.45, 2.75) is 5.92 Å². The summed E-state index contributed by atoms with van der Waals surface area (Å²) in [5.41, 5.74) is 2.59. The van der Waals surface area contributed by atoms with E-state index in [4.69, 9.17) is 14.2 Å². The maximum atomic E-state index is 10.4. The molecular formula is C24H22BrN3O5. The molecule has 9 heteroatoms. The van der Waals surface area contributed by atoms with Gasteiger partial charge in [0.15, 0.2) is 11.5 Å². The fraction of sp³-hybridized carbons (Fsp3) is 0.208. The Hall–Kier alpha value is -3.77. The summed E-state index contributed by atoms with van der Waals surface area (Å²) in [5.74, 6) is 0.465. The Morgan fingerprint density at radius 2 is 1.76 bits per heavy atom. The van der Waals surface area contributed by atoms with E-state index in [9.17, 15) is 15.5 Å². The zero-order chi connectivity index (χ0) is 23.9. The molecule has 0 spiro atoms. The molecule has 0 saturated heterocycles. The summed E-state index contributed by atoms with van der Waals surface area (Å²) in [6, 6.07) is 14.2. The van der Waals surface area contributed by atoms with Gasteiger partial charge in [0.1, 0.15) is 17.4 Å². The number of aromatic nitrogens is 1. The predicted molar refractivity (Wildman–Crippen MR) is 127 cm³/mol. The summed E-state index contributed by atoms with van der Waals surface area (Å²) in [7, 11) is 6.91. The topological polar surface area (TPSA) is 100 Å². The highest BCUT2D eigenvalue weighted by Crippen LogP contribution is 2.49. The number of ether oxygens (including phenoxy) is 3. The number of hydrogen-bond donors (Lipinski definition) is 2. The molecule has 1 atom stereocenters. The number of nitrogens with zero attached hydrogens (tertiary/aromatic N) is 3. The lowest BCUT2D eigenvalue weighted by Crippen LogP contribution is -2.20. The van der Waals surface area contributed by atoms with Crippen LogP contribution in [-0.2, 0) is 0 Å². The Kier molecular flexibility index (Phi) is 5.87. The van der Waals surface area contributed by atoms with E-state index in [-0.39, 0.29) is 23.2 Å². The summed E-state index contributed by atoms with van der Waals surface area (Å²) < 4.78 is 18.8. The third-order valence-corrected chi connectivity index (χ3v) is 6.09. The van der Waals surface area contributed by atoms with Crippen molar-refractivity contribution in [3.63, 3.8) is 0 Å². The second kappa shape index (κ2) is 8.64. The quantitative estimate of drug-likeness (QED) is 0.513. The van der Waals surface area contributed by atoms with Crippen LogP contribution in [0.2, 0.25) is 0 Å². The Bertz CT molecular complexity index is 1290. The van der Waals surface area contributed by atoms with Gasteiger partial charge in [0.2, 0.25) is 17.6 Å². The molecule has 1 aliphatic heterocycles. The molecule has 0 bridgehead atoms. The van der Waals surface area contributed by atoms with Crippen LogP contribution in [0.3, 0.4) is 0 Å². The highest BCUT2D eigenvalue weighted by Gasteiger charge is 2.35. The van der Waals surface area contributed by atoms with Crippen LogP contribution in [0.25, 0.3) is 5.88 Å². The van der Waals surface area contributed by atoms with Crippen LogP contribution >= 0.6 is 15.9 Å². The van der Waals surface area contributed by atoms with Crippen LogP contribution in [0.5, 0.6) is 29.0 Å². The molecule has 1 unspecified atom stereocenters. The first-order valence-corrected chi connectivity index (χ1v) is 10.7. The fourth-order valence-corrected chi connectivity index (χ4v) is 4.54. The average molecular weight is 512 g/mol. The van der Waals surface area contributed by atoms with E-state index < -0.39 is 5.92 Å². The van der Waals surface area contributed by atoms with Gasteiger partial charge in [0, 0.05) is 43.5 Å². The summed E-state index contributed by atoms with van der Waals surface area (Å²) in [6.07, 6.45) is 0. The van der Waals surface area contributed by atoms with Crippen molar-refractivity contribution in [1.82, 2.24) is 4.57 Å². The number of nitriles is 1. The van der Waals surface area contributed by atoms with E-state index >= 15 is 0 Å². The largest absolute Gasteiger partial charge is 0.494 e. The van der Waals surface area contributed by atoms with Crippen LogP contribution in [0.1, 0.15) is 17.0 Å². The minimum atomic E-state index is -0.567. The van der Waals surface area contributed by atoms with E-state index in [0.717, 1.165) is 21.4 Å². The van der Waals surface area contributed by atoms with Crippen LogP contribution in [0.4, 0.5) is 5.69 Å². The minimum absolute atomic E-state index is 0.0248. The van der Waals surface area contributed by atoms with E-state index in [1.54, 1.807) is 13.2 Å². The summed E-state index contributed by atoms with van der Waals surface area (Å²) in [6.45, 7) is 0. The second-order valence-electron chi connectivity index (χ2n) is 7.61. The van der Waals surface area contributed by atoms with Crippen molar-refractivity contribution in [3.8, 4) is 35.1 Å². The predicted octanol–water partition coefficient (Wildman–Crippen LogP) is 4.66. The monoisotopic (exact) mass is 511 g/mol. The zero-order valence-corrected chi connectivity index (χ0v) is 20.0. The van der Waals surface area contributed by atoms with Gasteiger partial charge in [0.05, 0.1) is 24.6 Å². The average Bonchev–Trinajstić information content (AvgIpc) is 3.14. The van der Waals surface area contributed by atoms with E-state index in [1.807, 2.05) is 43.3 Å². The highest BCUT2D eigenvalue weighted by molar-refractivity contribution is 9.10. The van der Waals surface area contributed by atoms with Crippen LogP contribution in [0, 0.1) is 11.3 Å².